The zero-order valence-corrected chi connectivity index (χ0v) is 12.4. The van der Waals surface area contributed by atoms with Crippen LogP contribution in [0.25, 0.3) is 0 Å². The van der Waals surface area contributed by atoms with Gasteiger partial charge in [-0.2, -0.15) is 0 Å². The van der Waals surface area contributed by atoms with Crippen LogP contribution < -0.4 is 5.73 Å². The van der Waals surface area contributed by atoms with Gasteiger partial charge in [0.15, 0.2) is 0 Å². The van der Waals surface area contributed by atoms with Crippen LogP contribution in [-0.4, -0.2) is 17.4 Å². The van der Waals surface area contributed by atoms with Crippen molar-refractivity contribution in [1.29, 1.82) is 0 Å². The van der Waals surface area contributed by atoms with Crippen LogP contribution in [0.5, 0.6) is 0 Å². The molecule has 0 spiro atoms. The average Bonchev–Trinajstić information content (AvgIpc) is 2.47. The lowest BCUT2D eigenvalue weighted by molar-refractivity contribution is 0.0753. The van der Waals surface area contributed by atoms with Crippen LogP contribution in [0.15, 0.2) is 42.5 Å². The first-order chi connectivity index (χ1) is 10.0. The van der Waals surface area contributed by atoms with E-state index in [0.717, 1.165) is 5.56 Å². The van der Waals surface area contributed by atoms with Crippen LogP contribution >= 0.6 is 11.6 Å². The zero-order valence-electron chi connectivity index (χ0n) is 11.6. The van der Waals surface area contributed by atoms with E-state index in [1.165, 1.54) is 18.2 Å². The van der Waals surface area contributed by atoms with E-state index in [4.69, 9.17) is 17.3 Å². The fourth-order valence-electron chi connectivity index (χ4n) is 2.08. The van der Waals surface area contributed by atoms with Gasteiger partial charge >= 0.3 is 0 Å². The Morgan fingerprint density at radius 3 is 2.67 bits per heavy atom. The average molecular weight is 307 g/mol. The first kappa shape index (κ1) is 15.3. The third-order valence-corrected chi connectivity index (χ3v) is 3.45. The molecule has 0 bridgehead atoms. The number of amides is 1. The number of para-hydroxylation sites is 1. The molecule has 2 N–H and O–H groups in total. The molecule has 0 unspecified atom stereocenters. The molecule has 0 aliphatic rings. The number of benzene rings is 2. The second-order valence-electron chi connectivity index (χ2n) is 4.65. The van der Waals surface area contributed by atoms with Gasteiger partial charge in [0.25, 0.3) is 5.91 Å². The smallest absolute Gasteiger partial charge is 0.256 e. The molecule has 3 nitrogen and oxygen atoms in total. The summed E-state index contributed by atoms with van der Waals surface area (Å²) >= 11 is 5.94. The SMILES string of the molecule is CCN(Cc1cccc(Cl)c1)C(=O)c1cccc(F)c1N. The lowest BCUT2D eigenvalue weighted by Crippen LogP contribution is -2.31. The number of anilines is 1. The van der Waals surface area contributed by atoms with Crippen molar-refractivity contribution in [3.05, 3.63) is 64.4 Å². The second kappa shape index (κ2) is 6.59. The Morgan fingerprint density at radius 2 is 2.00 bits per heavy atom. The molecule has 0 aliphatic heterocycles. The number of rotatable bonds is 4. The van der Waals surface area contributed by atoms with Gasteiger partial charge in [0.2, 0.25) is 0 Å². The molecule has 0 saturated carbocycles. The Labute approximate surface area is 128 Å². The molecule has 0 fully saturated rings. The molecule has 0 radical (unpaired) electrons. The summed E-state index contributed by atoms with van der Waals surface area (Å²) in [5, 5.41) is 0.612. The van der Waals surface area contributed by atoms with E-state index in [-0.39, 0.29) is 17.2 Å². The lowest BCUT2D eigenvalue weighted by atomic mass is 10.1. The fourth-order valence-corrected chi connectivity index (χ4v) is 2.29. The molecule has 0 heterocycles. The Hall–Kier alpha value is -2.07. The highest BCUT2D eigenvalue weighted by atomic mass is 35.5. The van der Waals surface area contributed by atoms with Gasteiger partial charge in [-0.05, 0) is 36.8 Å². The quantitative estimate of drug-likeness (QED) is 0.875. The highest BCUT2D eigenvalue weighted by Gasteiger charge is 2.18. The maximum atomic E-state index is 13.5. The van der Waals surface area contributed by atoms with Crippen molar-refractivity contribution in [2.45, 2.75) is 13.5 Å². The maximum Gasteiger partial charge on any atom is 0.256 e. The van der Waals surface area contributed by atoms with Crippen LogP contribution in [0.1, 0.15) is 22.8 Å². The second-order valence-corrected chi connectivity index (χ2v) is 5.09. The Balaban J connectivity index is 2.25. The maximum absolute atomic E-state index is 13.5. The predicted molar refractivity (Wildman–Crippen MR) is 82.7 cm³/mol. The van der Waals surface area contributed by atoms with E-state index < -0.39 is 5.82 Å². The third kappa shape index (κ3) is 3.52. The number of nitrogens with two attached hydrogens (primary N) is 1. The van der Waals surface area contributed by atoms with Crippen molar-refractivity contribution >= 4 is 23.2 Å². The Kier molecular flexibility index (Phi) is 4.81. The molecular formula is C16H16ClFN2O. The largest absolute Gasteiger partial charge is 0.396 e. The molecular weight excluding hydrogens is 291 g/mol. The number of carbonyl (C=O) groups is 1. The summed E-state index contributed by atoms with van der Waals surface area (Å²) in [6.07, 6.45) is 0. The van der Waals surface area contributed by atoms with Gasteiger partial charge in [0.1, 0.15) is 5.82 Å². The molecule has 0 aliphatic carbocycles. The number of hydrogen-bond acceptors (Lipinski definition) is 2. The molecule has 2 rings (SSSR count). The summed E-state index contributed by atoms with van der Waals surface area (Å²) < 4.78 is 13.5. The summed E-state index contributed by atoms with van der Waals surface area (Å²) in [5.74, 6) is -0.880. The molecule has 0 atom stereocenters. The summed E-state index contributed by atoms with van der Waals surface area (Å²) in [4.78, 5) is 14.1. The number of nitrogen functional groups attached to an aromatic ring is 1. The molecule has 0 aromatic heterocycles. The lowest BCUT2D eigenvalue weighted by Gasteiger charge is -2.22. The van der Waals surface area contributed by atoms with E-state index >= 15 is 0 Å². The topological polar surface area (TPSA) is 46.3 Å². The van der Waals surface area contributed by atoms with Crippen molar-refractivity contribution in [3.63, 3.8) is 0 Å². The van der Waals surface area contributed by atoms with Gasteiger partial charge in [0, 0.05) is 18.1 Å². The standard InChI is InChI=1S/C16H16ClFN2O/c1-2-20(10-11-5-3-6-12(17)9-11)16(21)13-7-4-8-14(18)15(13)19/h3-9H,2,10,19H2,1H3. The fraction of sp³-hybridized carbons (Fsp3) is 0.188. The summed E-state index contributed by atoms with van der Waals surface area (Å²) in [5.41, 5.74) is 6.62. The van der Waals surface area contributed by atoms with Gasteiger partial charge in [-0.25, -0.2) is 4.39 Å². The summed E-state index contributed by atoms with van der Waals surface area (Å²) in [7, 11) is 0. The number of halogens is 2. The van der Waals surface area contributed by atoms with E-state index in [9.17, 15) is 9.18 Å². The van der Waals surface area contributed by atoms with Crippen LogP contribution in [0.4, 0.5) is 10.1 Å². The van der Waals surface area contributed by atoms with Gasteiger partial charge in [-0.15, -0.1) is 0 Å². The van der Waals surface area contributed by atoms with Gasteiger partial charge in [-0.1, -0.05) is 29.8 Å². The van der Waals surface area contributed by atoms with Crippen molar-refractivity contribution < 1.29 is 9.18 Å². The van der Waals surface area contributed by atoms with Crippen molar-refractivity contribution in [1.82, 2.24) is 4.90 Å². The molecule has 2 aromatic carbocycles. The first-order valence-electron chi connectivity index (χ1n) is 6.60. The monoisotopic (exact) mass is 306 g/mol. The molecule has 2 aromatic rings. The molecule has 21 heavy (non-hydrogen) atoms. The summed E-state index contributed by atoms with van der Waals surface area (Å²) in [6, 6.07) is 11.5. The normalized spacial score (nSPS) is 10.4. The van der Waals surface area contributed by atoms with E-state index in [2.05, 4.69) is 0 Å². The molecule has 1 amide bonds. The van der Waals surface area contributed by atoms with Crippen LogP contribution in [0.3, 0.4) is 0 Å². The number of carbonyl (C=O) groups excluding carboxylic acids is 1. The van der Waals surface area contributed by atoms with E-state index in [0.29, 0.717) is 18.1 Å². The molecule has 0 saturated heterocycles. The van der Waals surface area contributed by atoms with Gasteiger partial charge in [0.05, 0.1) is 11.3 Å². The highest BCUT2D eigenvalue weighted by Crippen LogP contribution is 2.19. The predicted octanol–water partition coefficient (Wildman–Crippen LogP) is 3.72. The minimum atomic E-state index is -0.584. The number of nitrogens with zero attached hydrogens (tertiary/aromatic N) is 1. The molecule has 5 heteroatoms. The Bertz CT molecular complexity index is 660. The van der Waals surface area contributed by atoms with Gasteiger partial charge < -0.3 is 10.6 Å². The van der Waals surface area contributed by atoms with Crippen molar-refractivity contribution in [3.8, 4) is 0 Å². The number of hydrogen-bond donors (Lipinski definition) is 1. The van der Waals surface area contributed by atoms with Crippen LogP contribution in [-0.2, 0) is 6.54 Å². The molecule has 110 valence electrons. The van der Waals surface area contributed by atoms with Crippen molar-refractivity contribution in [2.75, 3.05) is 12.3 Å². The summed E-state index contributed by atoms with van der Waals surface area (Å²) in [6.45, 7) is 2.74. The van der Waals surface area contributed by atoms with Crippen LogP contribution in [0, 0.1) is 5.82 Å². The minimum Gasteiger partial charge on any atom is -0.396 e. The highest BCUT2D eigenvalue weighted by molar-refractivity contribution is 6.30. The van der Waals surface area contributed by atoms with Gasteiger partial charge in [-0.3, -0.25) is 4.79 Å². The Morgan fingerprint density at radius 1 is 1.29 bits per heavy atom. The van der Waals surface area contributed by atoms with Crippen LogP contribution in [0.2, 0.25) is 5.02 Å². The van der Waals surface area contributed by atoms with Crippen molar-refractivity contribution in [2.24, 2.45) is 0 Å². The van der Waals surface area contributed by atoms with E-state index in [1.807, 2.05) is 19.1 Å². The third-order valence-electron chi connectivity index (χ3n) is 3.21. The van der Waals surface area contributed by atoms with E-state index in [1.54, 1.807) is 17.0 Å². The minimum absolute atomic E-state index is 0.118. The first-order valence-corrected chi connectivity index (χ1v) is 6.98. The zero-order chi connectivity index (χ0) is 15.4.